The summed E-state index contributed by atoms with van der Waals surface area (Å²) in [6.45, 7) is 7.08. The highest BCUT2D eigenvalue weighted by molar-refractivity contribution is 7.18. The summed E-state index contributed by atoms with van der Waals surface area (Å²) in [5.41, 5.74) is 0. The quantitative estimate of drug-likeness (QED) is 0.390. The molecule has 0 spiro atoms. The number of nitrogens with zero attached hydrogens (tertiary/aromatic N) is 6. The van der Waals surface area contributed by atoms with Crippen LogP contribution in [-0.4, -0.2) is 90.0 Å². The number of fused-ring (bicyclic) bond motifs is 1. The molecule has 0 unspecified atom stereocenters. The van der Waals surface area contributed by atoms with Crippen molar-refractivity contribution in [3.63, 3.8) is 0 Å². The van der Waals surface area contributed by atoms with Gasteiger partial charge in [0.05, 0.1) is 11.9 Å². The van der Waals surface area contributed by atoms with Gasteiger partial charge in [-0.25, -0.2) is 4.98 Å². The fourth-order valence-electron chi connectivity index (χ4n) is 5.84. The molecule has 2 saturated heterocycles. The summed E-state index contributed by atoms with van der Waals surface area (Å²) in [6, 6.07) is 2.10. The van der Waals surface area contributed by atoms with Gasteiger partial charge in [-0.2, -0.15) is 18.2 Å². The van der Waals surface area contributed by atoms with Crippen molar-refractivity contribution in [3.8, 4) is 0 Å². The normalized spacial score (nSPS) is 20.5. The lowest BCUT2D eigenvalue weighted by Crippen LogP contribution is -2.55. The smallest absolute Gasteiger partial charge is 0.347 e. The molecule has 3 fully saturated rings. The van der Waals surface area contributed by atoms with Crippen LogP contribution in [0, 0.1) is 16.7 Å². The number of piperazine rings is 2. The lowest BCUT2D eigenvalue weighted by atomic mass is 9.89. The first kappa shape index (κ1) is 27.1. The molecular formula is C26H37F3N8S. The van der Waals surface area contributed by atoms with Crippen LogP contribution >= 0.6 is 11.3 Å². The highest BCUT2D eigenvalue weighted by Crippen LogP contribution is 2.35. The zero-order valence-corrected chi connectivity index (χ0v) is 22.8. The molecule has 2 aromatic rings. The molecule has 208 valence electrons. The van der Waals surface area contributed by atoms with Crippen LogP contribution in [0.3, 0.4) is 0 Å². The Morgan fingerprint density at radius 1 is 1.03 bits per heavy atom. The van der Waals surface area contributed by atoms with Crippen LogP contribution in [-0.2, 0) is 6.42 Å². The summed E-state index contributed by atoms with van der Waals surface area (Å²) in [6.07, 6.45) is 3.92. The molecule has 5 rings (SSSR count). The number of nitrogens with one attached hydrogen (secondary N) is 2. The van der Waals surface area contributed by atoms with Gasteiger partial charge >= 0.3 is 6.18 Å². The van der Waals surface area contributed by atoms with Crippen molar-refractivity contribution < 1.29 is 13.2 Å². The third kappa shape index (κ3) is 5.90. The third-order valence-corrected chi connectivity index (χ3v) is 8.99. The van der Waals surface area contributed by atoms with Crippen molar-refractivity contribution in [2.45, 2.75) is 58.0 Å². The van der Waals surface area contributed by atoms with Gasteiger partial charge in [-0.3, -0.25) is 15.7 Å². The molecule has 0 atom stereocenters. The highest BCUT2D eigenvalue weighted by atomic mass is 32.1. The van der Waals surface area contributed by atoms with Crippen molar-refractivity contribution in [1.82, 2.24) is 19.8 Å². The number of anilines is 2. The van der Waals surface area contributed by atoms with Crippen LogP contribution < -0.4 is 9.80 Å². The standard InChI is InChI=1S/C26H37F3N8S/c1-2-6-19-15-20-22(36-13-14-37(21(30)17-36)24(31)26(27,28)29)32-25(33-23(20)38-19)35-11-9-34(10-12-35)16-18-7-4-3-5-8-18/h15,18,30-31H,2-14,16-17H2,1H3. The number of rotatable bonds is 6. The van der Waals surface area contributed by atoms with E-state index in [1.54, 1.807) is 11.3 Å². The zero-order valence-electron chi connectivity index (χ0n) is 22.0. The number of aromatic nitrogens is 2. The van der Waals surface area contributed by atoms with E-state index in [0.29, 0.717) is 11.8 Å². The van der Waals surface area contributed by atoms with Crippen LogP contribution in [0.25, 0.3) is 10.2 Å². The minimum absolute atomic E-state index is 0.0296. The van der Waals surface area contributed by atoms with Crippen LogP contribution in [0.15, 0.2) is 6.07 Å². The van der Waals surface area contributed by atoms with E-state index in [0.717, 1.165) is 60.1 Å². The minimum Gasteiger partial charge on any atom is -0.347 e. The van der Waals surface area contributed by atoms with Crippen molar-refractivity contribution in [2.24, 2.45) is 5.92 Å². The first-order valence-corrected chi connectivity index (χ1v) is 14.6. The van der Waals surface area contributed by atoms with Gasteiger partial charge < -0.3 is 14.7 Å². The van der Waals surface area contributed by atoms with Gasteiger partial charge in [-0.1, -0.05) is 32.6 Å². The highest BCUT2D eigenvalue weighted by Gasteiger charge is 2.41. The maximum absolute atomic E-state index is 13.1. The van der Waals surface area contributed by atoms with E-state index in [1.807, 2.05) is 4.90 Å². The molecule has 1 aliphatic carbocycles. The molecule has 0 amide bonds. The van der Waals surface area contributed by atoms with Gasteiger partial charge in [0.25, 0.3) is 0 Å². The molecule has 2 N–H and O–H groups in total. The van der Waals surface area contributed by atoms with E-state index in [-0.39, 0.29) is 25.5 Å². The Labute approximate surface area is 225 Å². The summed E-state index contributed by atoms with van der Waals surface area (Å²) >= 11 is 1.65. The largest absolute Gasteiger partial charge is 0.449 e. The molecule has 3 aliphatic rings. The van der Waals surface area contributed by atoms with E-state index >= 15 is 0 Å². The fourth-order valence-corrected chi connectivity index (χ4v) is 6.96. The molecular weight excluding hydrogens is 513 g/mol. The van der Waals surface area contributed by atoms with Crippen LogP contribution in [0.2, 0.25) is 0 Å². The maximum atomic E-state index is 13.1. The van der Waals surface area contributed by atoms with E-state index in [2.05, 4.69) is 22.8 Å². The van der Waals surface area contributed by atoms with Crippen molar-refractivity contribution >= 4 is 45.0 Å². The van der Waals surface area contributed by atoms with Gasteiger partial charge in [0, 0.05) is 50.7 Å². The number of hydrogen-bond donors (Lipinski definition) is 2. The molecule has 0 bridgehead atoms. The maximum Gasteiger partial charge on any atom is 0.449 e. The molecule has 8 nitrogen and oxygen atoms in total. The van der Waals surface area contributed by atoms with Crippen molar-refractivity contribution in [3.05, 3.63) is 10.9 Å². The molecule has 1 saturated carbocycles. The van der Waals surface area contributed by atoms with Crippen LogP contribution in [0.4, 0.5) is 24.9 Å². The third-order valence-electron chi connectivity index (χ3n) is 7.90. The van der Waals surface area contributed by atoms with E-state index in [1.165, 1.54) is 43.5 Å². The Balaban J connectivity index is 1.34. The minimum atomic E-state index is -4.77. The van der Waals surface area contributed by atoms with Gasteiger partial charge in [0.15, 0.2) is 0 Å². The monoisotopic (exact) mass is 550 g/mol. The number of alkyl halides is 3. The Morgan fingerprint density at radius 2 is 1.74 bits per heavy atom. The number of thiophene rings is 1. The van der Waals surface area contributed by atoms with E-state index in [9.17, 15) is 13.2 Å². The number of hydrogen-bond acceptors (Lipinski definition) is 8. The fraction of sp³-hybridized carbons (Fsp3) is 0.692. The topological polar surface area (TPSA) is 86.4 Å². The number of halogens is 3. The summed E-state index contributed by atoms with van der Waals surface area (Å²) in [4.78, 5) is 19.4. The van der Waals surface area contributed by atoms with Gasteiger partial charge in [0.1, 0.15) is 16.5 Å². The molecule has 0 radical (unpaired) electrons. The van der Waals surface area contributed by atoms with Gasteiger partial charge in [0.2, 0.25) is 11.8 Å². The molecule has 0 aromatic carbocycles. The van der Waals surface area contributed by atoms with Crippen molar-refractivity contribution in [1.29, 1.82) is 10.8 Å². The SMILES string of the molecule is CCCc1cc2c(N3CCN(C(=N)C(F)(F)F)C(=N)C3)nc(N3CCN(CC4CCCCC4)CC3)nc2s1. The average Bonchev–Trinajstić information content (AvgIpc) is 3.31. The molecule has 38 heavy (non-hydrogen) atoms. The Bertz CT molecular complexity index is 1150. The van der Waals surface area contributed by atoms with E-state index in [4.69, 9.17) is 20.8 Å². The van der Waals surface area contributed by atoms with Crippen molar-refractivity contribution in [2.75, 3.05) is 62.2 Å². The Morgan fingerprint density at radius 3 is 2.39 bits per heavy atom. The van der Waals surface area contributed by atoms with Crippen LogP contribution in [0.1, 0.15) is 50.3 Å². The number of aryl methyl sites for hydroxylation is 1. The molecule has 2 aromatic heterocycles. The zero-order chi connectivity index (χ0) is 26.9. The Kier molecular flexibility index (Phi) is 8.08. The summed E-state index contributed by atoms with van der Waals surface area (Å²) in [7, 11) is 0. The first-order valence-electron chi connectivity index (χ1n) is 13.8. The summed E-state index contributed by atoms with van der Waals surface area (Å²) in [5.74, 6) is 0.420. The average molecular weight is 551 g/mol. The Hall–Kier alpha value is -2.47. The predicted octanol–water partition coefficient (Wildman–Crippen LogP) is 4.98. The lowest BCUT2D eigenvalue weighted by molar-refractivity contribution is -0.0671. The first-order chi connectivity index (χ1) is 18.2. The summed E-state index contributed by atoms with van der Waals surface area (Å²) in [5, 5.41) is 16.7. The second kappa shape index (κ2) is 11.3. The van der Waals surface area contributed by atoms with Gasteiger partial charge in [-0.15, -0.1) is 11.3 Å². The summed E-state index contributed by atoms with van der Waals surface area (Å²) < 4.78 is 39.4. The molecule has 4 heterocycles. The molecule has 2 aliphatic heterocycles. The van der Waals surface area contributed by atoms with E-state index < -0.39 is 12.0 Å². The number of amidine groups is 2. The molecule has 12 heteroatoms. The van der Waals surface area contributed by atoms with Crippen LogP contribution in [0.5, 0.6) is 0 Å². The second-order valence-corrected chi connectivity index (χ2v) is 11.8. The van der Waals surface area contributed by atoms with Gasteiger partial charge in [-0.05, 0) is 31.2 Å². The second-order valence-electron chi connectivity index (χ2n) is 10.7. The predicted molar refractivity (Wildman–Crippen MR) is 147 cm³/mol. The lowest BCUT2D eigenvalue weighted by Gasteiger charge is -2.39.